The molecule has 0 radical (unpaired) electrons. The Hall–Kier alpha value is -1.49. The molecule has 2 aromatic heterocycles. The monoisotopic (exact) mass is 348 g/mol. The van der Waals surface area contributed by atoms with Gasteiger partial charge in [0.15, 0.2) is 5.82 Å². The van der Waals surface area contributed by atoms with Gasteiger partial charge in [0.1, 0.15) is 11.5 Å². The molecule has 0 saturated carbocycles. The molecule has 0 aliphatic heterocycles. The highest BCUT2D eigenvalue weighted by Gasteiger charge is 2.16. The molecule has 2 rings (SSSR count). The Labute approximate surface area is 134 Å². The van der Waals surface area contributed by atoms with Gasteiger partial charge in [-0.25, -0.2) is 15.0 Å². The van der Waals surface area contributed by atoms with Crippen molar-refractivity contribution in [1.82, 2.24) is 15.0 Å². The van der Waals surface area contributed by atoms with Crippen molar-refractivity contribution in [1.29, 1.82) is 0 Å². The molecule has 112 valence electrons. The van der Waals surface area contributed by atoms with Gasteiger partial charge in [-0.15, -0.1) is 0 Å². The lowest BCUT2D eigenvalue weighted by atomic mass is 10.1. The third-order valence-electron chi connectivity index (χ3n) is 3.08. The van der Waals surface area contributed by atoms with E-state index in [1.54, 1.807) is 0 Å². The molecular formula is C16H21BrN4. The molecule has 2 heterocycles. The number of nitrogens with zero attached hydrogens (tertiary/aromatic N) is 3. The SMILES string of the molecule is CCCNc1nc(-c2cccc(C)n2)nc(C(C)C)c1Br. The lowest BCUT2D eigenvalue weighted by molar-refractivity contribution is 0.807. The minimum Gasteiger partial charge on any atom is -0.369 e. The van der Waals surface area contributed by atoms with Crippen LogP contribution in [0.4, 0.5) is 5.82 Å². The maximum absolute atomic E-state index is 4.69. The van der Waals surface area contributed by atoms with Crippen molar-refractivity contribution in [2.24, 2.45) is 0 Å². The summed E-state index contributed by atoms with van der Waals surface area (Å²) in [6.07, 6.45) is 1.05. The summed E-state index contributed by atoms with van der Waals surface area (Å²) in [6.45, 7) is 9.25. The van der Waals surface area contributed by atoms with Crippen molar-refractivity contribution in [2.45, 2.75) is 40.0 Å². The van der Waals surface area contributed by atoms with Crippen LogP contribution in [0.15, 0.2) is 22.7 Å². The third kappa shape index (κ3) is 3.79. The molecule has 0 aliphatic rings. The first-order chi connectivity index (χ1) is 10.0. The van der Waals surface area contributed by atoms with E-state index >= 15 is 0 Å². The largest absolute Gasteiger partial charge is 0.369 e. The molecule has 0 amide bonds. The predicted octanol–water partition coefficient (Wildman–Crippen LogP) is 4.55. The molecule has 0 aliphatic carbocycles. The molecule has 21 heavy (non-hydrogen) atoms. The van der Waals surface area contributed by atoms with Gasteiger partial charge in [0.2, 0.25) is 0 Å². The summed E-state index contributed by atoms with van der Waals surface area (Å²) in [5, 5.41) is 3.36. The van der Waals surface area contributed by atoms with Gasteiger partial charge in [0.05, 0.1) is 10.2 Å². The van der Waals surface area contributed by atoms with E-state index in [1.165, 1.54) is 0 Å². The van der Waals surface area contributed by atoms with E-state index in [-0.39, 0.29) is 0 Å². The van der Waals surface area contributed by atoms with Crippen molar-refractivity contribution >= 4 is 21.7 Å². The molecule has 4 nitrogen and oxygen atoms in total. The van der Waals surface area contributed by atoms with Crippen LogP contribution in [0.2, 0.25) is 0 Å². The van der Waals surface area contributed by atoms with Gasteiger partial charge in [-0.2, -0.15) is 0 Å². The Bertz CT molecular complexity index is 626. The number of anilines is 1. The Morgan fingerprint density at radius 2 is 1.95 bits per heavy atom. The standard InChI is InChI=1S/C16H21BrN4/c1-5-9-18-16-13(17)14(10(2)3)20-15(21-16)12-8-6-7-11(4)19-12/h6-8,10H,5,9H2,1-4H3,(H,18,20,21). The number of halogens is 1. The zero-order chi connectivity index (χ0) is 15.4. The van der Waals surface area contributed by atoms with Crippen LogP contribution in [-0.4, -0.2) is 21.5 Å². The quantitative estimate of drug-likeness (QED) is 0.860. The normalized spacial score (nSPS) is 11.0. The van der Waals surface area contributed by atoms with Crippen LogP contribution >= 0.6 is 15.9 Å². The maximum Gasteiger partial charge on any atom is 0.180 e. The van der Waals surface area contributed by atoms with E-state index in [0.29, 0.717) is 11.7 Å². The summed E-state index contributed by atoms with van der Waals surface area (Å²) < 4.78 is 0.947. The fourth-order valence-corrected chi connectivity index (χ4v) is 2.77. The highest BCUT2D eigenvalue weighted by atomic mass is 79.9. The molecule has 0 spiro atoms. The van der Waals surface area contributed by atoms with Crippen LogP contribution in [0.5, 0.6) is 0 Å². The van der Waals surface area contributed by atoms with Gasteiger partial charge in [-0.05, 0) is 47.3 Å². The molecule has 2 aromatic rings. The fourth-order valence-electron chi connectivity index (χ4n) is 1.99. The first kappa shape index (κ1) is 15.9. The van der Waals surface area contributed by atoms with Crippen molar-refractivity contribution in [2.75, 3.05) is 11.9 Å². The second-order valence-electron chi connectivity index (χ2n) is 5.34. The first-order valence-corrected chi connectivity index (χ1v) is 8.07. The van der Waals surface area contributed by atoms with Crippen LogP contribution in [0, 0.1) is 6.92 Å². The van der Waals surface area contributed by atoms with Crippen molar-refractivity contribution in [3.05, 3.63) is 34.1 Å². The van der Waals surface area contributed by atoms with E-state index in [4.69, 9.17) is 4.98 Å². The van der Waals surface area contributed by atoms with E-state index in [9.17, 15) is 0 Å². The lowest BCUT2D eigenvalue weighted by Gasteiger charge is -2.14. The third-order valence-corrected chi connectivity index (χ3v) is 3.87. The fraction of sp³-hybridized carbons (Fsp3) is 0.438. The summed E-state index contributed by atoms with van der Waals surface area (Å²) in [5.41, 5.74) is 2.78. The van der Waals surface area contributed by atoms with Crippen LogP contribution in [-0.2, 0) is 0 Å². The molecule has 1 N–H and O–H groups in total. The molecule has 0 saturated heterocycles. The van der Waals surface area contributed by atoms with Gasteiger partial charge < -0.3 is 5.32 Å². The summed E-state index contributed by atoms with van der Waals surface area (Å²) in [6, 6.07) is 5.91. The topological polar surface area (TPSA) is 50.7 Å². The van der Waals surface area contributed by atoms with Gasteiger partial charge >= 0.3 is 0 Å². The number of hydrogen-bond donors (Lipinski definition) is 1. The van der Waals surface area contributed by atoms with Crippen LogP contribution in [0.1, 0.15) is 44.5 Å². The van der Waals surface area contributed by atoms with E-state index < -0.39 is 0 Å². The summed E-state index contributed by atoms with van der Waals surface area (Å²) in [5.74, 6) is 1.83. The summed E-state index contributed by atoms with van der Waals surface area (Å²) in [4.78, 5) is 13.9. The van der Waals surface area contributed by atoms with Crippen LogP contribution < -0.4 is 5.32 Å². The summed E-state index contributed by atoms with van der Waals surface area (Å²) >= 11 is 3.63. The lowest BCUT2D eigenvalue weighted by Crippen LogP contribution is -2.08. The average Bonchev–Trinajstić information content (AvgIpc) is 2.46. The van der Waals surface area contributed by atoms with Gasteiger partial charge in [0.25, 0.3) is 0 Å². The molecule has 0 fully saturated rings. The van der Waals surface area contributed by atoms with Gasteiger partial charge in [-0.1, -0.05) is 26.8 Å². The molecule has 0 aromatic carbocycles. The van der Waals surface area contributed by atoms with Gasteiger partial charge in [-0.3, -0.25) is 0 Å². The molecule has 5 heteroatoms. The first-order valence-electron chi connectivity index (χ1n) is 7.28. The zero-order valence-corrected chi connectivity index (χ0v) is 14.5. The van der Waals surface area contributed by atoms with E-state index in [1.807, 2.05) is 25.1 Å². The van der Waals surface area contributed by atoms with E-state index in [2.05, 4.69) is 52.0 Å². The second kappa shape index (κ2) is 6.98. The van der Waals surface area contributed by atoms with Crippen molar-refractivity contribution < 1.29 is 0 Å². The van der Waals surface area contributed by atoms with Crippen LogP contribution in [0.3, 0.4) is 0 Å². The minimum absolute atomic E-state index is 0.313. The smallest absolute Gasteiger partial charge is 0.180 e. The number of nitrogens with one attached hydrogen (secondary N) is 1. The molecule has 0 unspecified atom stereocenters. The number of hydrogen-bond acceptors (Lipinski definition) is 4. The molecular weight excluding hydrogens is 328 g/mol. The Balaban J connectivity index is 2.53. The molecule has 0 atom stereocenters. The highest BCUT2D eigenvalue weighted by Crippen LogP contribution is 2.31. The highest BCUT2D eigenvalue weighted by molar-refractivity contribution is 9.10. The van der Waals surface area contributed by atoms with Gasteiger partial charge in [0, 0.05) is 12.2 Å². The second-order valence-corrected chi connectivity index (χ2v) is 6.13. The Kier molecular flexibility index (Phi) is 5.28. The van der Waals surface area contributed by atoms with E-state index in [0.717, 1.165) is 40.3 Å². The van der Waals surface area contributed by atoms with Crippen molar-refractivity contribution in [3.63, 3.8) is 0 Å². The number of aryl methyl sites for hydroxylation is 1. The average molecular weight is 349 g/mol. The predicted molar refractivity (Wildman–Crippen MR) is 90.6 cm³/mol. The van der Waals surface area contributed by atoms with Crippen LogP contribution in [0.25, 0.3) is 11.5 Å². The minimum atomic E-state index is 0.313. The Morgan fingerprint density at radius 1 is 1.19 bits per heavy atom. The zero-order valence-electron chi connectivity index (χ0n) is 12.9. The Morgan fingerprint density at radius 3 is 2.57 bits per heavy atom. The number of rotatable bonds is 5. The maximum atomic E-state index is 4.69. The van der Waals surface area contributed by atoms with Crippen molar-refractivity contribution in [3.8, 4) is 11.5 Å². The number of pyridine rings is 1. The molecule has 0 bridgehead atoms. The number of aromatic nitrogens is 3. The summed E-state index contributed by atoms with van der Waals surface area (Å²) in [7, 11) is 0.